The molecular weight excluding hydrogens is 370 g/mol. The minimum absolute atomic E-state index is 0.146. The lowest BCUT2D eigenvalue weighted by Gasteiger charge is -2.15. The summed E-state index contributed by atoms with van der Waals surface area (Å²) in [5.74, 6) is -1.32. The zero-order valence-electron chi connectivity index (χ0n) is 13.9. The fourth-order valence-electron chi connectivity index (χ4n) is 2.56. The van der Waals surface area contributed by atoms with Gasteiger partial charge in [-0.1, -0.05) is 41.9 Å². The van der Waals surface area contributed by atoms with Crippen LogP contribution in [0.3, 0.4) is 0 Å². The largest absolute Gasteiger partial charge is 0.477 e. The van der Waals surface area contributed by atoms with Crippen LogP contribution in [0.2, 0.25) is 5.02 Å². The monoisotopic (exact) mass is 385 g/mol. The molecule has 26 heavy (non-hydrogen) atoms. The minimum atomic E-state index is -1.03. The average molecular weight is 386 g/mol. The first kappa shape index (κ1) is 18.2. The summed E-state index contributed by atoms with van der Waals surface area (Å²) in [7, 11) is 0. The second kappa shape index (κ2) is 7.72. The summed E-state index contributed by atoms with van der Waals surface area (Å²) in [6.45, 7) is 1.89. The lowest BCUT2D eigenvalue weighted by molar-refractivity contribution is 0.0702. The first-order valence-corrected chi connectivity index (χ1v) is 9.13. The summed E-state index contributed by atoms with van der Waals surface area (Å²) in [4.78, 5) is 23.8. The molecule has 0 aliphatic carbocycles. The number of nitrogens with one attached hydrogen (secondary N) is 1. The standard InChI is InChI=1S/C20H16ClNO3S/c1-12(22-19(23)17-9-10-18(26-17)20(24)25)14-3-2-4-15(11-14)13-5-7-16(21)8-6-13/h2-12H,1H3,(H,22,23)(H,24,25). The van der Waals surface area contributed by atoms with E-state index in [1.54, 1.807) is 0 Å². The number of hydrogen-bond donors (Lipinski definition) is 2. The summed E-state index contributed by atoms with van der Waals surface area (Å²) in [6, 6.07) is 18.2. The number of halogens is 1. The minimum Gasteiger partial charge on any atom is -0.477 e. The highest BCUT2D eigenvalue weighted by Gasteiger charge is 2.16. The molecule has 0 saturated carbocycles. The molecule has 1 unspecified atom stereocenters. The van der Waals surface area contributed by atoms with Gasteiger partial charge in [-0.25, -0.2) is 4.79 Å². The van der Waals surface area contributed by atoms with Crippen molar-refractivity contribution < 1.29 is 14.7 Å². The summed E-state index contributed by atoms with van der Waals surface area (Å²) >= 11 is 6.90. The molecule has 0 aliphatic heterocycles. The molecule has 0 fully saturated rings. The van der Waals surface area contributed by atoms with Crippen molar-refractivity contribution in [2.24, 2.45) is 0 Å². The Morgan fingerprint density at radius 3 is 2.35 bits per heavy atom. The molecule has 4 nitrogen and oxygen atoms in total. The van der Waals surface area contributed by atoms with Gasteiger partial charge in [-0.15, -0.1) is 11.3 Å². The average Bonchev–Trinajstić information content (AvgIpc) is 3.13. The Morgan fingerprint density at radius 1 is 1.00 bits per heavy atom. The molecule has 132 valence electrons. The second-order valence-corrected chi connectivity index (χ2v) is 7.32. The van der Waals surface area contributed by atoms with Crippen LogP contribution in [-0.2, 0) is 0 Å². The number of rotatable bonds is 5. The number of carboxylic acid groups (broad SMARTS) is 1. The fourth-order valence-corrected chi connectivity index (χ4v) is 3.43. The predicted molar refractivity (Wildman–Crippen MR) is 104 cm³/mol. The van der Waals surface area contributed by atoms with Crippen molar-refractivity contribution in [3.63, 3.8) is 0 Å². The molecule has 1 heterocycles. The third-order valence-corrected chi connectivity index (χ3v) is 5.28. The lowest BCUT2D eigenvalue weighted by Crippen LogP contribution is -2.25. The lowest BCUT2D eigenvalue weighted by atomic mass is 10.00. The van der Waals surface area contributed by atoms with Gasteiger partial charge in [-0.05, 0) is 53.9 Å². The molecule has 2 N–H and O–H groups in total. The molecule has 3 rings (SSSR count). The number of hydrogen-bond acceptors (Lipinski definition) is 3. The van der Waals surface area contributed by atoms with Gasteiger partial charge in [0.2, 0.25) is 0 Å². The van der Waals surface area contributed by atoms with E-state index in [9.17, 15) is 9.59 Å². The van der Waals surface area contributed by atoms with E-state index in [1.807, 2.05) is 55.5 Å². The van der Waals surface area contributed by atoms with E-state index in [1.165, 1.54) is 12.1 Å². The van der Waals surface area contributed by atoms with E-state index in [0.717, 1.165) is 28.0 Å². The van der Waals surface area contributed by atoms with Crippen molar-refractivity contribution >= 4 is 34.8 Å². The molecule has 1 atom stereocenters. The van der Waals surface area contributed by atoms with Gasteiger partial charge in [0.05, 0.1) is 10.9 Å². The predicted octanol–water partition coefficient (Wildman–Crippen LogP) is 5.26. The van der Waals surface area contributed by atoms with Gasteiger partial charge in [0, 0.05) is 5.02 Å². The van der Waals surface area contributed by atoms with Crippen molar-refractivity contribution in [1.82, 2.24) is 5.32 Å². The summed E-state index contributed by atoms with van der Waals surface area (Å²) in [5, 5.41) is 12.6. The van der Waals surface area contributed by atoms with Crippen molar-refractivity contribution in [2.45, 2.75) is 13.0 Å². The number of amides is 1. The number of carbonyl (C=O) groups excluding carboxylic acids is 1. The van der Waals surface area contributed by atoms with Crippen molar-refractivity contribution in [1.29, 1.82) is 0 Å². The number of aromatic carboxylic acids is 1. The van der Waals surface area contributed by atoms with E-state index >= 15 is 0 Å². The van der Waals surface area contributed by atoms with Gasteiger partial charge in [-0.3, -0.25) is 4.79 Å². The summed E-state index contributed by atoms with van der Waals surface area (Å²) in [5.41, 5.74) is 3.03. The Kier molecular flexibility index (Phi) is 5.40. The van der Waals surface area contributed by atoms with E-state index in [2.05, 4.69) is 5.32 Å². The molecule has 2 aromatic carbocycles. The Balaban J connectivity index is 1.76. The number of benzene rings is 2. The van der Waals surface area contributed by atoms with Crippen LogP contribution in [-0.4, -0.2) is 17.0 Å². The third kappa shape index (κ3) is 4.12. The zero-order chi connectivity index (χ0) is 18.7. The molecule has 0 aliphatic rings. The van der Waals surface area contributed by atoms with E-state index in [4.69, 9.17) is 16.7 Å². The van der Waals surface area contributed by atoms with Crippen molar-refractivity contribution in [2.75, 3.05) is 0 Å². The van der Waals surface area contributed by atoms with Crippen LogP contribution in [0.4, 0.5) is 0 Å². The molecule has 0 bridgehead atoms. The van der Waals surface area contributed by atoms with E-state index < -0.39 is 5.97 Å². The maximum atomic E-state index is 12.3. The molecule has 6 heteroatoms. The second-order valence-electron chi connectivity index (χ2n) is 5.80. The molecule has 0 spiro atoms. The molecule has 1 aromatic heterocycles. The quantitative estimate of drug-likeness (QED) is 0.629. The van der Waals surface area contributed by atoms with Crippen LogP contribution in [0.1, 0.15) is 37.9 Å². The van der Waals surface area contributed by atoms with Crippen LogP contribution in [0.5, 0.6) is 0 Å². The summed E-state index contributed by atoms with van der Waals surface area (Å²) < 4.78 is 0. The number of carbonyl (C=O) groups is 2. The van der Waals surface area contributed by atoms with Crippen LogP contribution in [0, 0.1) is 0 Å². The van der Waals surface area contributed by atoms with Crippen LogP contribution in [0.15, 0.2) is 60.7 Å². The van der Waals surface area contributed by atoms with Gasteiger partial charge in [-0.2, -0.15) is 0 Å². The maximum Gasteiger partial charge on any atom is 0.345 e. The SMILES string of the molecule is CC(NC(=O)c1ccc(C(=O)O)s1)c1cccc(-c2ccc(Cl)cc2)c1. The highest BCUT2D eigenvalue weighted by molar-refractivity contribution is 7.15. The normalized spacial score (nSPS) is 11.8. The highest BCUT2D eigenvalue weighted by Crippen LogP contribution is 2.25. The number of carboxylic acids is 1. The first-order chi connectivity index (χ1) is 12.4. The van der Waals surface area contributed by atoms with Gasteiger partial charge in [0.25, 0.3) is 5.91 Å². The van der Waals surface area contributed by atoms with Crippen LogP contribution >= 0.6 is 22.9 Å². The van der Waals surface area contributed by atoms with Gasteiger partial charge in [0.1, 0.15) is 4.88 Å². The molecule has 0 radical (unpaired) electrons. The smallest absolute Gasteiger partial charge is 0.345 e. The first-order valence-electron chi connectivity index (χ1n) is 7.94. The third-order valence-electron chi connectivity index (χ3n) is 3.95. The van der Waals surface area contributed by atoms with Gasteiger partial charge >= 0.3 is 5.97 Å². The highest BCUT2D eigenvalue weighted by atomic mass is 35.5. The van der Waals surface area contributed by atoms with Crippen LogP contribution < -0.4 is 5.32 Å². The topological polar surface area (TPSA) is 66.4 Å². The maximum absolute atomic E-state index is 12.3. The Labute approximate surface area is 160 Å². The van der Waals surface area contributed by atoms with Gasteiger partial charge in [0.15, 0.2) is 0 Å². The van der Waals surface area contributed by atoms with Crippen molar-refractivity contribution in [3.05, 3.63) is 81.0 Å². The van der Waals surface area contributed by atoms with Crippen LogP contribution in [0.25, 0.3) is 11.1 Å². The Hall–Kier alpha value is -2.63. The molecular formula is C20H16ClNO3S. The van der Waals surface area contributed by atoms with E-state index in [-0.39, 0.29) is 16.8 Å². The Bertz CT molecular complexity index is 950. The molecule has 3 aromatic rings. The Morgan fingerprint density at radius 2 is 1.69 bits per heavy atom. The zero-order valence-corrected chi connectivity index (χ0v) is 15.5. The van der Waals surface area contributed by atoms with Gasteiger partial charge < -0.3 is 10.4 Å². The molecule has 0 saturated heterocycles. The fraction of sp³-hybridized carbons (Fsp3) is 0.100. The van der Waals surface area contributed by atoms with E-state index in [0.29, 0.717) is 9.90 Å². The number of thiophene rings is 1. The van der Waals surface area contributed by atoms with Crippen molar-refractivity contribution in [3.8, 4) is 11.1 Å². The summed E-state index contributed by atoms with van der Waals surface area (Å²) in [6.07, 6.45) is 0. The molecule has 1 amide bonds.